The second kappa shape index (κ2) is 9.47. The van der Waals surface area contributed by atoms with Gasteiger partial charge in [-0.05, 0) is 105 Å². The van der Waals surface area contributed by atoms with E-state index in [1.54, 1.807) is 12.5 Å². The van der Waals surface area contributed by atoms with Gasteiger partial charge in [-0.1, -0.05) is 52.3 Å². The monoisotopic (exact) mass is 484 g/mol. The molecule has 0 aromatic rings. The third kappa shape index (κ3) is 3.97. The first-order chi connectivity index (χ1) is 16.4. The van der Waals surface area contributed by atoms with Crippen LogP contribution in [0, 0.1) is 46.3 Å². The lowest BCUT2D eigenvalue weighted by Crippen LogP contribution is -2.51. The lowest BCUT2D eigenvalue weighted by atomic mass is 9.48. The van der Waals surface area contributed by atoms with E-state index in [-0.39, 0.29) is 18.8 Å². The van der Waals surface area contributed by atoms with Crippen molar-refractivity contribution in [3.63, 3.8) is 0 Å². The molecule has 0 aliphatic heterocycles. The fourth-order valence-electron chi connectivity index (χ4n) is 9.29. The van der Waals surface area contributed by atoms with E-state index in [1.165, 1.54) is 32.1 Å². The van der Waals surface area contributed by atoms with Crippen LogP contribution >= 0.6 is 0 Å². The predicted molar refractivity (Wildman–Crippen MR) is 140 cm³/mol. The van der Waals surface area contributed by atoms with Gasteiger partial charge in [0.2, 0.25) is 5.60 Å². The molecule has 1 N–H and O–H groups in total. The van der Waals surface area contributed by atoms with Crippen LogP contribution < -0.4 is 0 Å². The number of allylic oxidation sites excluding steroid dienone is 3. The quantitative estimate of drug-likeness (QED) is 0.249. The Kier molecular flexibility index (Phi) is 7.21. The first kappa shape index (κ1) is 26.6. The number of ketones is 1. The highest BCUT2D eigenvalue weighted by Crippen LogP contribution is 2.68. The Hall–Kier alpha value is -1.42. The summed E-state index contributed by atoms with van der Waals surface area (Å²) in [5.74, 6) is 2.46. The SMILES string of the molecule is C/C=C(\CCC(C)C1CCC2C3CC=C4C(O)(C(=O)OCC)C(=O)CC4(C)C3CCC12C)C(C)C. The summed E-state index contributed by atoms with van der Waals surface area (Å²) in [7, 11) is 0. The van der Waals surface area contributed by atoms with E-state index in [2.05, 4.69) is 53.7 Å². The zero-order valence-corrected chi connectivity index (χ0v) is 23.2. The van der Waals surface area contributed by atoms with Crippen molar-refractivity contribution in [3.8, 4) is 0 Å². The summed E-state index contributed by atoms with van der Waals surface area (Å²) < 4.78 is 5.16. The van der Waals surface area contributed by atoms with Gasteiger partial charge in [0.1, 0.15) is 0 Å². The van der Waals surface area contributed by atoms with Gasteiger partial charge in [0.25, 0.3) is 0 Å². The minimum absolute atomic E-state index is 0.164. The summed E-state index contributed by atoms with van der Waals surface area (Å²) in [4.78, 5) is 25.8. The molecule has 0 bridgehead atoms. The van der Waals surface area contributed by atoms with Crippen molar-refractivity contribution in [3.05, 3.63) is 23.3 Å². The molecule has 0 amide bonds. The zero-order chi connectivity index (χ0) is 25.8. The first-order valence-electron chi connectivity index (χ1n) is 14.2. The number of fused-ring (bicyclic) bond motifs is 5. The van der Waals surface area contributed by atoms with Gasteiger partial charge in [-0.15, -0.1) is 0 Å². The number of carbonyl (C=O) groups is 2. The molecule has 4 nitrogen and oxygen atoms in total. The topological polar surface area (TPSA) is 63.6 Å². The van der Waals surface area contributed by atoms with Crippen LogP contribution in [-0.4, -0.2) is 29.1 Å². The van der Waals surface area contributed by atoms with Crippen LogP contribution in [0.5, 0.6) is 0 Å². The number of ether oxygens (including phenoxy) is 1. The number of rotatable bonds is 7. The van der Waals surface area contributed by atoms with Gasteiger partial charge in [0.15, 0.2) is 5.78 Å². The molecule has 4 heteroatoms. The van der Waals surface area contributed by atoms with Crippen LogP contribution in [0.2, 0.25) is 0 Å². The molecule has 0 radical (unpaired) electrons. The van der Waals surface area contributed by atoms with Crippen LogP contribution in [0.15, 0.2) is 23.3 Å². The molecule has 0 aromatic heterocycles. The number of Topliss-reactive ketones (excluding diaryl/α,β-unsaturated/α-hetero) is 1. The molecule has 3 fully saturated rings. The molecular formula is C31H48O4. The first-order valence-corrected chi connectivity index (χ1v) is 14.2. The third-order valence-corrected chi connectivity index (χ3v) is 11.1. The summed E-state index contributed by atoms with van der Waals surface area (Å²) >= 11 is 0. The molecule has 8 unspecified atom stereocenters. The van der Waals surface area contributed by atoms with Crippen LogP contribution in [0.1, 0.15) is 99.8 Å². The minimum atomic E-state index is -2.08. The molecule has 35 heavy (non-hydrogen) atoms. The summed E-state index contributed by atoms with van der Waals surface area (Å²) in [6, 6.07) is 0. The van der Waals surface area contributed by atoms with Crippen molar-refractivity contribution in [2.45, 2.75) is 105 Å². The smallest absolute Gasteiger partial charge is 0.350 e. The molecule has 8 atom stereocenters. The lowest BCUT2D eigenvalue weighted by molar-refractivity contribution is -0.164. The van der Waals surface area contributed by atoms with Crippen LogP contribution in [0.4, 0.5) is 0 Å². The van der Waals surface area contributed by atoms with Crippen molar-refractivity contribution in [2.24, 2.45) is 46.3 Å². The standard InChI is InChI=1S/C31H48O4/c1-8-21(19(3)4)11-10-20(5)23-13-14-24-22-12-15-26-30(7,25(22)16-17-29(23,24)6)18-27(32)31(26,34)28(33)35-9-2/h8,15,19-20,22-25,34H,9-14,16-18H2,1-7H3/b21-8+. The molecule has 0 spiro atoms. The molecule has 0 heterocycles. The predicted octanol–water partition coefficient (Wildman–Crippen LogP) is 6.67. The largest absolute Gasteiger partial charge is 0.463 e. The molecule has 0 saturated heterocycles. The van der Waals surface area contributed by atoms with Crippen LogP contribution in [0.3, 0.4) is 0 Å². The highest BCUT2D eigenvalue weighted by molar-refractivity contribution is 6.13. The van der Waals surface area contributed by atoms with Gasteiger partial charge in [-0.3, -0.25) is 4.79 Å². The van der Waals surface area contributed by atoms with E-state index < -0.39 is 17.0 Å². The molecule has 4 aliphatic carbocycles. The van der Waals surface area contributed by atoms with Crippen LogP contribution in [0.25, 0.3) is 0 Å². The molecule has 4 rings (SSSR count). The molecular weight excluding hydrogens is 436 g/mol. The zero-order valence-electron chi connectivity index (χ0n) is 23.2. The Labute approximate surface area is 213 Å². The van der Waals surface area contributed by atoms with Gasteiger partial charge in [-0.2, -0.15) is 0 Å². The van der Waals surface area contributed by atoms with Crippen molar-refractivity contribution in [2.75, 3.05) is 6.61 Å². The second-order valence-electron chi connectivity index (χ2n) is 12.9. The minimum Gasteiger partial charge on any atom is -0.463 e. The number of aliphatic hydroxyl groups is 1. The number of esters is 1. The van der Waals surface area contributed by atoms with Crippen molar-refractivity contribution < 1.29 is 19.4 Å². The normalized spacial score (nSPS) is 41.8. The van der Waals surface area contributed by atoms with E-state index in [0.29, 0.717) is 40.6 Å². The van der Waals surface area contributed by atoms with E-state index in [1.807, 2.05) is 0 Å². The Balaban J connectivity index is 1.55. The average molecular weight is 485 g/mol. The van der Waals surface area contributed by atoms with E-state index in [9.17, 15) is 14.7 Å². The number of carbonyl (C=O) groups excluding carboxylic acids is 2. The van der Waals surface area contributed by atoms with E-state index in [4.69, 9.17) is 4.74 Å². The van der Waals surface area contributed by atoms with E-state index >= 15 is 0 Å². The third-order valence-electron chi connectivity index (χ3n) is 11.1. The van der Waals surface area contributed by atoms with Gasteiger partial charge in [0.05, 0.1) is 6.61 Å². The maximum Gasteiger partial charge on any atom is 0.350 e. The molecule has 4 aliphatic rings. The average Bonchev–Trinajstić information content (AvgIpc) is 3.25. The highest BCUT2D eigenvalue weighted by Gasteiger charge is 2.67. The Morgan fingerprint density at radius 3 is 2.54 bits per heavy atom. The Morgan fingerprint density at radius 2 is 1.91 bits per heavy atom. The van der Waals surface area contributed by atoms with Crippen molar-refractivity contribution >= 4 is 11.8 Å². The second-order valence-corrected chi connectivity index (χ2v) is 12.9. The van der Waals surface area contributed by atoms with Crippen molar-refractivity contribution in [1.82, 2.24) is 0 Å². The highest BCUT2D eigenvalue weighted by atomic mass is 16.5. The summed E-state index contributed by atoms with van der Waals surface area (Å²) in [6.07, 6.45) is 12.8. The fourth-order valence-corrected chi connectivity index (χ4v) is 9.29. The maximum atomic E-state index is 13.1. The molecule has 196 valence electrons. The fraction of sp³-hybridized carbons (Fsp3) is 0.806. The summed E-state index contributed by atoms with van der Waals surface area (Å²) in [5.41, 5.74) is 0.0392. The van der Waals surface area contributed by atoms with Gasteiger partial charge >= 0.3 is 5.97 Å². The summed E-state index contributed by atoms with van der Waals surface area (Å²) in [5, 5.41) is 11.3. The van der Waals surface area contributed by atoms with Gasteiger partial charge in [-0.25, -0.2) is 4.79 Å². The van der Waals surface area contributed by atoms with Crippen LogP contribution in [-0.2, 0) is 14.3 Å². The van der Waals surface area contributed by atoms with Crippen molar-refractivity contribution in [1.29, 1.82) is 0 Å². The van der Waals surface area contributed by atoms with E-state index in [0.717, 1.165) is 18.8 Å². The number of hydrogen-bond acceptors (Lipinski definition) is 4. The van der Waals surface area contributed by atoms with Gasteiger partial charge in [0, 0.05) is 11.8 Å². The maximum absolute atomic E-state index is 13.1. The molecule has 0 aromatic carbocycles. The summed E-state index contributed by atoms with van der Waals surface area (Å²) in [6.45, 7) is 15.8. The van der Waals surface area contributed by atoms with Gasteiger partial charge < -0.3 is 9.84 Å². The lowest BCUT2D eigenvalue weighted by Gasteiger charge is -2.56. The Bertz CT molecular complexity index is 915. The Morgan fingerprint density at radius 1 is 1.20 bits per heavy atom. The number of hydrogen-bond donors (Lipinski definition) is 1. The molecule has 3 saturated carbocycles.